The van der Waals surface area contributed by atoms with E-state index >= 15 is 0 Å². The van der Waals surface area contributed by atoms with Gasteiger partial charge in [0, 0.05) is 13.0 Å². The van der Waals surface area contributed by atoms with Gasteiger partial charge in [-0.2, -0.15) is 0 Å². The number of carboxylic acids is 3. The molecule has 0 bridgehead atoms. The molecule has 0 fully saturated rings. The van der Waals surface area contributed by atoms with Crippen LogP contribution in [0.3, 0.4) is 0 Å². The first-order chi connectivity index (χ1) is 18.8. The highest BCUT2D eigenvalue weighted by molar-refractivity contribution is 5.88. The van der Waals surface area contributed by atoms with E-state index in [0.717, 1.165) is 12.8 Å². The van der Waals surface area contributed by atoms with Crippen LogP contribution in [0.2, 0.25) is 0 Å². The van der Waals surface area contributed by atoms with Crippen LogP contribution in [0, 0.1) is 0 Å². The largest absolute Gasteiger partial charge is 0.481 e. The van der Waals surface area contributed by atoms with E-state index in [0.29, 0.717) is 25.8 Å². The number of carbonyl (C=O) groups excluding carboxylic acids is 2. The molecule has 0 spiro atoms. The third-order valence-corrected chi connectivity index (χ3v) is 5.64. The zero-order chi connectivity index (χ0) is 31.0. The second kappa shape index (κ2) is 23.5. The summed E-state index contributed by atoms with van der Waals surface area (Å²) in [5.41, 5.74) is 7.83. The van der Waals surface area contributed by atoms with Gasteiger partial charge < -0.3 is 41.9 Å². The Kier molecular flexibility index (Phi) is 22.7. The Bertz CT molecular complexity index is 784. The molecule has 0 aromatic carbocycles. The Balaban J connectivity index is 0. The van der Waals surface area contributed by atoms with Gasteiger partial charge in [-0.25, -0.2) is 9.59 Å². The summed E-state index contributed by atoms with van der Waals surface area (Å²) in [6.07, 6.45) is 10.0. The summed E-state index contributed by atoms with van der Waals surface area (Å²) in [4.78, 5) is 58.5. The number of carboxylic acid groups (broad SMARTS) is 3. The van der Waals surface area contributed by atoms with Crippen molar-refractivity contribution in [2.24, 2.45) is 16.5 Å². The van der Waals surface area contributed by atoms with Crippen molar-refractivity contribution in [1.82, 2.24) is 5.32 Å². The van der Waals surface area contributed by atoms with Crippen LogP contribution < -0.4 is 16.8 Å². The molecule has 1 unspecified atom stereocenters. The van der Waals surface area contributed by atoms with Crippen LogP contribution in [-0.2, 0) is 28.7 Å². The first kappa shape index (κ1) is 38.7. The smallest absolute Gasteiger partial charge is 0.336 e. The Morgan fingerprint density at radius 1 is 0.825 bits per heavy atom. The van der Waals surface area contributed by atoms with Crippen molar-refractivity contribution in [2.45, 2.75) is 115 Å². The molecule has 0 aromatic rings. The quantitative estimate of drug-likeness (QED) is 0.0421. The van der Waals surface area contributed by atoms with E-state index in [9.17, 15) is 24.0 Å². The van der Waals surface area contributed by atoms with E-state index in [1.54, 1.807) is 6.92 Å². The molecule has 0 aliphatic rings. The molecule has 0 saturated carbocycles. The topological polar surface area (TPSA) is 252 Å². The van der Waals surface area contributed by atoms with Crippen molar-refractivity contribution >= 4 is 35.7 Å². The minimum Gasteiger partial charge on any atom is -0.481 e. The summed E-state index contributed by atoms with van der Waals surface area (Å²) in [6, 6.07) is -0.634. The molecule has 0 saturated heterocycles. The molecule has 9 N–H and O–H groups in total. The molecule has 14 heteroatoms. The monoisotopic (exact) mass is 576 g/mol. The van der Waals surface area contributed by atoms with E-state index < -0.39 is 48.4 Å². The summed E-state index contributed by atoms with van der Waals surface area (Å²) in [5.74, 6) is -5.49. The zero-order valence-corrected chi connectivity index (χ0v) is 23.7. The zero-order valence-electron chi connectivity index (χ0n) is 23.7. The number of esters is 1. The number of guanidine groups is 1. The molecule has 14 nitrogen and oxygen atoms in total. The first-order valence-electron chi connectivity index (χ1n) is 13.7. The Hall–Kier alpha value is -3.42. The van der Waals surface area contributed by atoms with Crippen LogP contribution in [0.15, 0.2) is 4.99 Å². The van der Waals surface area contributed by atoms with E-state index in [-0.39, 0.29) is 18.5 Å². The molecule has 0 aromatic heterocycles. The number of carbonyl (C=O) groups is 5. The minimum atomic E-state index is -2.74. The van der Waals surface area contributed by atoms with Gasteiger partial charge in [0.15, 0.2) is 11.6 Å². The van der Waals surface area contributed by atoms with E-state index in [4.69, 9.17) is 36.6 Å². The first-order valence-corrected chi connectivity index (χ1v) is 13.7. The van der Waals surface area contributed by atoms with Crippen molar-refractivity contribution in [1.29, 1.82) is 0 Å². The van der Waals surface area contributed by atoms with Crippen LogP contribution >= 0.6 is 0 Å². The normalized spacial score (nSPS) is 11.4. The van der Waals surface area contributed by atoms with Gasteiger partial charge in [-0.1, -0.05) is 58.3 Å². The van der Waals surface area contributed by atoms with E-state index in [1.165, 1.54) is 44.9 Å². The Morgan fingerprint density at radius 3 is 1.75 bits per heavy atom. The van der Waals surface area contributed by atoms with E-state index in [2.05, 4.69) is 17.2 Å². The number of ether oxygens (including phenoxy) is 1. The number of aliphatic imine (C=N–C) groups is 1. The molecule has 0 aliphatic carbocycles. The lowest BCUT2D eigenvalue weighted by Gasteiger charge is -2.18. The molecular weight excluding hydrogens is 528 g/mol. The molecule has 1 atom stereocenters. The minimum absolute atomic E-state index is 0.0251. The lowest BCUT2D eigenvalue weighted by molar-refractivity contribution is -0.170. The number of hydrogen-bond donors (Lipinski definition) is 7. The van der Waals surface area contributed by atoms with Gasteiger partial charge in [0.1, 0.15) is 6.04 Å². The summed E-state index contributed by atoms with van der Waals surface area (Å²) < 4.78 is 5.04. The fourth-order valence-corrected chi connectivity index (χ4v) is 3.57. The third kappa shape index (κ3) is 22.6. The number of amides is 1. The highest BCUT2D eigenvalue weighted by Gasteiger charge is 2.40. The van der Waals surface area contributed by atoms with Crippen LogP contribution in [0.25, 0.3) is 0 Å². The predicted octanol–water partition coefficient (Wildman–Crippen LogP) is 1.76. The molecule has 0 radical (unpaired) electrons. The number of nitrogens with two attached hydrogens (primary N) is 2. The second-order valence-corrected chi connectivity index (χ2v) is 9.38. The predicted molar refractivity (Wildman–Crippen MR) is 147 cm³/mol. The number of nitrogens with one attached hydrogen (secondary N) is 1. The Labute approximate surface area is 235 Å². The van der Waals surface area contributed by atoms with Gasteiger partial charge in [0.2, 0.25) is 5.91 Å². The standard InChI is InChI=1S/C20H40N4O3.C6H8O7/c1-3-5-6-7-8-9-10-11-12-15-18(25)24-17(19(26)27-4-2)14-13-16-23-20(21)22;7-3(8)1-6(13,5(11)12)2-4(9)10/h17H,3-16H2,1-2H3,(H,24,25)(H4,21,22,23);13H,1-2H2,(H,7,8)(H,9,10)(H,11,12). The number of hydrogen-bond acceptors (Lipinski definition) is 8. The number of nitrogens with zero attached hydrogens (tertiary/aromatic N) is 1. The molecule has 0 heterocycles. The SMILES string of the molecule is CCCCCCCCCCCC(=O)NC(CCCN=C(N)N)C(=O)OCC.O=C(O)CC(O)(CC(=O)O)C(=O)O. The molecule has 1 amide bonds. The van der Waals surface area contributed by atoms with Crippen molar-refractivity contribution in [3.63, 3.8) is 0 Å². The second-order valence-electron chi connectivity index (χ2n) is 9.38. The van der Waals surface area contributed by atoms with Gasteiger partial charge in [-0.05, 0) is 26.2 Å². The third-order valence-electron chi connectivity index (χ3n) is 5.64. The van der Waals surface area contributed by atoms with Gasteiger partial charge in [0.05, 0.1) is 19.4 Å². The highest BCUT2D eigenvalue weighted by atomic mass is 16.5. The van der Waals surface area contributed by atoms with Gasteiger partial charge >= 0.3 is 23.9 Å². The number of unbranched alkanes of at least 4 members (excludes halogenated alkanes) is 8. The molecule has 232 valence electrons. The molecular formula is C26H48N4O10. The lowest BCUT2D eigenvalue weighted by atomic mass is 9.96. The van der Waals surface area contributed by atoms with Crippen molar-refractivity contribution < 1.29 is 49.1 Å². The summed E-state index contributed by atoms with van der Waals surface area (Å²) in [7, 11) is 0. The summed E-state index contributed by atoms with van der Waals surface area (Å²) >= 11 is 0. The molecule has 0 rings (SSSR count). The fourth-order valence-electron chi connectivity index (χ4n) is 3.57. The lowest BCUT2D eigenvalue weighted by Crippen LogP contribution is -2.42. The maximum absolute atomic E-state index is 12.1. The van der Waals surface area contributed by atoms with Gasteiger partial charge in [0.25, 0.3) is 0 Å². The highest BCUT2D eigenvalue weighted by Crippen LogP contribution is 2.16. The number of aliphatic carboxylic acids is 3. The van der Waals surface area contributed by atoms with Crippen molar-refractivity contribution in [3.8, 4) is 0 Å². The maximum Gasteiger partial charge on any atom is 0.336 e. The van der Waals surface area contributed by atoms with Crippen LogP contribution in [0.5, 0.6) is 0 Å². The van der Waals surface area contributed by atoms with Crippen molar-refractivity contribution in [3.05, 3.63) is 0 Å². The summed E-state index contributed by atoms with van der Waals surface area (Å²) in [6.45, 7) is 4.68. The van der Waals surface area contributed by atoms with Crippen molar-refractivity contribution in [2.75, 3.05) is 13.2 Å². The summed E-state index contributed by atoms with van der Waals surface area (Å²) in [5, 5.41) is 36.6. The van der Waals surface area contributed by atoms with Crippen LogP contribution in [0.4, 0.5) is 0 Å². The van der Waals surface area contributed by atoms with Crippen LogP contribution in [0.1, 0.15) is 104 Å². The molecule has 0 aliphatic heterocycles. The average Bonchev–Trinajstić information content (AvgIpc) is 2.84. The Morgan fingerprint density at radius 2 is 1.32 bits per heavy atom. The fraction of sp³-hybridized carbons (Fsp3) is 0.769. The average molecular weight is 577 g/mol. The maximum atomic E-state index is 12.1. The number of rotatable bonds is 22. The van der Waals surface area contributed by atoms with Gasteiger partial charge in [-0.15, -0.1) is 0 Å². The van der Waals surface area contributed by atoms with E-state index in [1.807, 2.05) is 0 Å². The van der Waals surface area contributed by atoms with Crippen LogP contribution in [-0.4, -0.2) is 81.0 Å². The molecule has 40 heavy (non-hydrogen) atoms. The number of aliphatic hydroxyl groups is 1. The van der Waals surface area contributed by atoms with Gasteiger partial charge in [-0.3, -0.25) is 19.4 Å².